The van der Waals surface area contributed by atoms with Crippen molar-refractivity contribution in [3.63, 3.8) is 0 Å². The van der Waals surface area contributed by atoms with Gasteiger partial charge < -0.3 is 19.5 Å². The molecule has 1 aromatic heterocycles. The Labute approximate surface area is 156 Å². The fourth-order valence-electron chi connectivity index (χ4n) is 2.50. The van der Waals surface area contributed by atoms with Gasteiger partial charge in [0.05, 0.1) is 6.61 Å². The predicted molar refractivity (Wildman–Crippen MR) is 94.5 cm³/mol. The van der Waals surface area contributed by atoms with Crippen LogP contribution in [0.3, 0.4) is 0 Å². The molecule has 2 aromatic carbocycles. The third kappa shape index (κ3) is 3.74. The van der Waals surface area contributed by atoms with Crippen molar-refractivity contribution in [2.45, 2.75) is 6.18 Å². The fraction of sp³-hybridized carbons (Fsp3) is 0.294. The third-order valence-corrected chi connectivity index (χ3v) is 3.98. The summed E-state index contributed by atoms with van der Waals surface area (Å²) >= 11 is 0. The van der Waals surface area contributed by atoms with E-state index in [9.17, 15) is 22.8 Å². The molecule has 0 saturated carbocycles. The summed E-state index contributed by atoms with van der Waals surface area (Å²) in [4.78, 5) is 28.6. The molecule has 0 bridgehead atoms. The van der Waals surface area contributed by atoms with Gasteiger partial charge in [0.15, 0.2) is 0 Å². The summed E-state index contributed by atoms with van der Waals surface area (Å²) in [6.45, 7) is 0.808. The molecule has 0 fully saturated rings. The van der Waals surface area contributed by atoms with Crippen LogP contribution in [0.5, 0.6) is 0 Å². The molecule has 28 heavy (non-hydrogen) atoms. The number of nitrogens with zero attached hydrogens (tertiary/aromatic N) is 3. The van der Waals surface area contributed by atoms with E-state index in [-0.39, 0.29) is 17.2 Å². The van der Waals surface area contributed by atoms with Gasteiger partial charge in [-0.15, -0.1) is 0 Å². The smallest absolute Gasteiger partial charge is 0.383 e. The molecule has 0 atom stereocenters. The van der Waals surface area contributed by atoms with Crippen LogP contribution in [-0.4, -0.2) is 37.4 Å². The molecule has 0 saturated heterocycles. The predicted octanol–water partition coefficient (Wildman–Crippen LogP) is 2.18. The lowest BCUT2D eigenvalue weighted by Gasteiger charge is -2.23. The second kappa shape index (κ2) is 7.43. The molecule has 0 aliphatic rings. The van der Waals surface area contributed by atoms with Crippen molar-refractivity contribution in [3.05, 3.63) is 50.6 Å². The molecule has 0 spiro atoms. The van der Waals surface area contributed by atoms with E-state index in [4.69, 9.17) is 4.74 Å². The standard InChI is InChI=1S/C17H15F3N4O4/c1-24(7-8-27-2)12-11(13(25)14(12)26)21-10-5-3-9(4-6-10)15-22-16(28-23-15)17(18,19)20/h3-6,21H,7-8H2,1-2H3. The quantitative estimate of drug-likeness (QED) is 0.607. The molecule has 0 unspecified atom stereocenters. The summed E-state index contributed by atoms with van der Waals surface area (Å²) in [5.41, 5.74) is -0.0704. The van der Waals surface area contributed by atoms with Crippen LogP contribution in [-0.2, 0) is 10.9 Å². The number of methoxy groups -OCH3 is 1. The molecule has 0 amide bonds. The van der Waals surface area contributed by atoms with Gasteiger partial charge in [-0.25, -0.2) is 0 Å². The number of nitrogens with one attached hydrogen (secondary N) is 1. The van der Waals surface area contributed by atoms with Crippen LogP contribution < -0.4 is 21.1 Å². The van der Waals surface area contributed by atoms with Crippen LogP contribution >= 0.6 is 0 Å². The number of alkyl halides is 3. The average molecular weight is 396 g/mol. The zero-order chi connectivity index (χ0) is 20.5. The lowest BCUT2D eigenvalue weighted by molar-refractivity contribution is -0.159. The van der Waals surface area contributed by atoms with Gasteiger partial charge in [-0.2, -0.15) is 18.2 Å². The van der Waals surface area contributed by atoms with Gasteiger partial charge in [0, 0.05) is 32.0 Å². The largest absolute Gasteiger partial charge is 0.471 e. The van der Waals surface area contributed by atoms with Gasteiger partial charge in [0.2, 0.25) is 5.82 Å². The van der Waals surface area contributed by atoms with Crippen molar-refractivity contribution in [2.24, 2.45) is 0 Å². The number of rotatable bonds is 7. The minimum Gasteiger partial charge on any atom is -0.383 e. The van der Waals surface area contributed by atoms with Crippen LogP contribution in [0.2, 0.25) is 0 Å². The van der Waals surface area contributed by atoms with Gasteiger partial charge in [0.1, 0.15) is 11.4 Å². The van der Waals surface area contributed by atoms with Crippen molar-refractivity contribution >= 4 is 17.1 Å². The number of hydrogen-bond acceptors (Lipinski definition) is 8. The summed E-state index contributed by atoms with van der Waals surface area (Å²) in [7, 11) is 3.19. The van der Waals surface area contributed by atoms with E-state index in [1.165, 1.54) is 31.4 Å². The van der Waals surface area contributed by atoms with E-state index >= 15 is 0 Å². The van der Waals surface area contributed by atoms with Crippen molar-refractivity contribution in [2.75, 3.05) is 37.5 Å². The summed E-state index contributed by atoms with van der Waals surface area (Å²) < 4.78 is 46.8. The van der Waals surface area contributed by atoms with Gasteiger partial charge in [-0.05, 0) is 24.3 Å². The molecule has 8 nitrogen and oxygen atoms in total. The maximum absolute atomic E-state index is 12.5. The summed E-state index contributed by atoms with van der Waals surface area (Å²) in [5, 5.41) is 6.16. The van der Waals surface area contributed by atoms with Crippen LogP contribution in [0, 0.1) is 0 Å². The Kier molecular flexibility index (Phi) is 5.18. The van der Waals surface area contributed by atoms with E-state index in [1.54, 1.807) is 11.9 Å². The highest BCUT2D eigenvalue weighted by atomic mass is 19.4. The Morgan fingerprint density at radius 2 is 1.86 bits per heavy atom. The van der Waals surface area contributed by atoms with Crippen LogP contribution in [0.4, 0.5) is 30.2 Å². The SMILES string of the molecule is COCCN(C)c1c(Nc2ccc(-c3noc(C(F)(F)F)n3)cc2)c(=O)c1=O. The Morgan fingerprint density at radius 3 is 2.43 bits per heavy atom. The topological polar surface area (TPSA) is 97.6 Å². The van der Waals surface area contributed by atoms with Crippen molar-refractivity contribution in [3.8, 4) is 11.4 Å². The van der Waals surface area contributed by atoms with E-state index in [0.29, 0.717) is 24.4 Å². The number of aromatic nitrogens is 2. The number of ether oxygens (including phenoxy) is 1. The van der Waals surface area contributed by atoms with Crippen molar-refractivity contribution in [1.82, 2.24) is 10.1 Å². The molecule has 1 N–H and O–H groups in total. The Morgan fingerprint density at radius 1 is 1.18 bits per heavy atom. The van der Waals surface area contributed by atoms with Crippen molar-refractivity contribution < 1.29 is 22.4 Å². The first-order chi connectivity index (χ1) is 13.2. The molecular weight excluding hydrogens is 381 g/mol. The van der Waals surface area contributed by atoms with Crippen LogP contribution in [0.25, 0.3) is 11.4 Å². The van der Waals surface area contributed by atoms with Gasteiger partial charge >= 0.3 is 12.1 Å². The van der Waals surface area contributed by atoms with E-state index in [2.05, 4.69) is 20.0 Å². The number of benzene rings is 1. The summed E-state index contributed by atoms with van der Waals surface area (Å²) in [6.07, 6.45) is -4.72. The highest BCUT2D eigenvalue weighted by Gasteiger charge is 2.38. The molecule has 0 radical (unpaired) electrons. The maximum Gasteiger partial charge on any atom is 0.471 e. The Balaban J connectivity index is 1.77. The molecule has 11 heteroatoms. The molecule has 0 aliphatic carbocycles. The second-order valence-corrected chi connectivity index (χ2v) is 5.92. The van der Waals surface area contributed by atoms with E-state index in [1.807, 2.05) is 0 Å². The van der Waals surface area contributed by atoms with Crippen LogP contribution in [0.15, 0.2) is 38.4 Å². The number of likely N-dealkylation sites (N-methyl/N-ethyl adjacent to an activating group) is 1. The van der Waals surface area contributed by atoms with Gasteiger partial charge in [-0.3, -0.25) is 9.59 Å². The number of hydrogen-bond donors (Lipinski definition) is 1. The summed E-state index contributed by atoms with van der Waals surface area (Å²) in [5.74, 6) is -1.65. The Bertz CT molecular complexity index is 1040. The van der Waals surface area contributed by atoms with Crippen LogP contribution in [0.1, 0.15) is 5.89 Å². The second-order valence-electron chi connectivity index (χ2n) is 5.92. The average Bonchev–Trinajstić information content (AvgIpc) is 3.16. The lowest BCUT2D eigenvalue weighted by Crippen LogP contribution is -2.41. The number of anilines is 3. The molecule has 1 heterocycles. The monoisotopic (exact) mass is 396 g/mol. The normalized spacial score (nSPS) is 11.8. The van der Waals surface area contributed by atoms with Crippen molar-refractivity contribution in [1.29, 1.82) is 0 Å². The highest BCUT2D eigenvalue weighted by Crippen LogP contribution is 2.30. The highest BCUT2D eigenvalue weighted by molar-refractivity contribution is 5.79. The minimum atomic E-state index is -4.72. The zero-order valence-electron chi connectivity index (χ0n) is 14.8. The maximum atomic E-state index is 12.5. The zero-order valence-corrected chi connectivity index (χ0v) is 14.8. The fourth-order valence-corrected chi connectivity index (χ4v) is 2.50. The first-order valence-corrected chi connectivity index (χ1v) is 8.04. The summed E-state index contributed by atoms with van der Waals surface area (Å²) in [6, 6.07) is 5.98. The molecule has 0 aliphatic heterocycles. The molecular formula is C17H15F3N4O4. The minimum absolute atomic E-state index is 0.148. The number of halogens is 3. The van der Waals surface area contributed by atoms with Gasteiger partial charge in [0.25, 0.3) is 10.9 Å². The Hall–Kier alpha value is -3.21. The first-order valence-electron chi connectivity index (χ1n) is 8.04. The molecule has 3 aromatic rings. The first kappa shape index (κ1) is 19.5. The molecule has 3 rings (SSSR count). The molecule has 148 valence electrons. The van der Waals surface area contributed by atoms with E-state index < -0.39 is 22.9 Å². The lowest BCUT2D eigenvalue weighted by atomic mass is 10.1. The van der Waals surface area contributed by atoms with E-state index in [0.717, 1.165) is 0 Å². The van der Waals surface area contributed by atoms with Gasteiger partial charge in [-0.1, -0.05) is 5.16 Å². The third-order valence-electron chi connectivity index (χ3n) is 3.98.